The second kappa shape index (κ2) is 3.18. The van der Waals surface area contributed by atoms with Crippen molar-refractivity contribution >= 4 is 0 Å². The summed E-state index contributed by atoms with van der Waals surface area (Å²) in [5.41, 5.74) is 0. The Morgan fingerprint density at radius 3 is 2.89 bits per heavy atom. The fourth-order valence-electron chi connectivity index (χ4n) is 1.08. The van der Waals surface area contributed by atoms with Crippen LogP contribution in [-0.4, -0.2) is 18.8 Å². The Labute approximate surface area is 55.8 Å². The Morgan fingerprint density at radius 2 is 2.44 bits per heavy atom. The highest BCUT2D eigenvalue weighted by Crippen LogP contribution is 2.13. The topological polar surface area (TPSA) is 32.3 Å². The van der Waals surface area contributed by atoms with E-state index in [4.69, 9.17) is 4.74 Å². The minimum Gasteiger partial charge on any atom is -0.850 e. The third kappa shape index (κ3) is 1.66. The first-order valence-corrected chi connectivity index (χ1v) is 3.41. The lowest BCUT2D eigenvalue weighted by molar-refractivity contribution is -0.447. The molecule has 0 amide bonds. The van der Waals surface area contributed by atoms with Crippen molar-refractivity contribution in [3.8, 4) is 0 Å². The van der Waals surface area contributed by atoms with Crippen molar-refractivity contribution in [3.05, 3.63) is 6.92 Å². The zero-order chi connectivity index (χ0) is 6.69. The van der Waals surface area contributed by atoms with Crippen molar-refractivity contribution < 1.29 is 9.84 Å². The molecule has 2 unspecified atom stereocenters. The van der Waals surface area contributed by atoms with E-state index in [0.717, 1.165) is 19.4 Å². The summed E-state index contributed by atoms with van der Waals surface area (Å²) in [5, 5.41) is 10.9. The molecule has 2 heteroatoms. The van der Waals surface area contributed by atoms with Crippen LogP contribution in [0.2, 0.25) is 0 Å². The Morgan fingerprint density at radius 1 is 1.67 bits per heavy atom. The van der Waals surface area contributed by atoms with E-state index in [0.29, 0.717) is 6.42 Å². The van der Waals surface area contributed by atoms with Crippen molar-refractivity contribution in [3.63, 3.8) is 0 Å². The quantitative estimate of drug-likeness (QED) is 0.470. The molecule has 1 aliphatic rings. The third-order valence-electron chi connectivity index (χ3n) is 1.66. The molecule has 1 rings (SSSR count). The third-order valence-corrected chi connectivity index (χ3v) is 1.66. The molecule has 0 aliphatic carbocycles. The number of ether oxygens (including phenoxy) is 1. The molecule has 1 aliphatic heterocycles. The largest absolute Gasteiger partial charge is 0.850 e. The molecule has 0 aromatic rings. The van der Waals surface area contributed by atoms with E-state index in [-0.39, 0.29) is 6.10 Å². The molecule has 0 N–H and O–H groups in total. The van der Waals surface area contributed by atoms with Crippen LogP contribution in [0.1, 0.15) is 19.3 Å². The van der Waals surface area contributed by atoms with Crippen molar-refractivity contribution in [1.82, 2.24) is 0 Å². The Bertz CT molecular complexity index is 83.0. The van der Waals surface area contributed by atoms with Crippen LogP contribution in [0.15, 0.2) is 0 Å². The molecular formula is C7H12O2-2. The molecule has 0 aromatic carbocycles. The predicted molar refractivity (Wildman–Crippen MR) is 32.7 cm³/mol. The summed E-state index contributed by atoms with van der Waals surface area (Å²) >= 11 is 0. The zero-order valence-corrected chi connectivity index (χ0v) is 5.51. The highest BCUT2D eigenvalue weighted by Gasteiger charge is 2.11. The van der Waals surface area contributed by atoms with Gasteiger partial charge in [0.05, 0.1) is 0 Å². The zero-order valence-electron chi connectivity index (χ0n) is 5.51. The lowest BCUT2D eigenvalue weighted by Gasteiger charge is -2.37. The van der Waals surface area contributed by atoms with Crippen LogP contribution in [0, 0.1) is 6.92 Å². The lowest BCUT2D eigenvalue weighted by Crippen LogP contribution is -2.42. The van der Waals surface area contributed by atoms with E-state index >= 15 is 0 Å². The van der Waals surface area contributed by atoms with E-state index in [2.05, 4.69) is 6.92 Å². The fourth-order valence-corrected chi connectivity index (χ4v) is 1.08. The predicted octanol–water partition coefficient (Wildman–Crippen LogP) is 0.118. The lowest BCUT2D eigenvalue weighted by atomic mass is 10.0. The van der Waals surface area contributed by atoms with Crippen molar-refractivity contribution in [1.29, 1.82) is 0 Å². The molecule has 0 spiro atoms. The van der Waals surface area contributed by atoms with Crippen LogP contribution in [0.3, 0.4) is 0 Å². The molecule has 9 heavy (non-hydrogen) atoms. The maximum atomic E-state index is 10.9. The molecule has 0 radical (unpaired) electrons. The van der Waals surface area contributed by atoms with Gasteiger partial charge in [0.1, 0.15) is 0 Å². The molecule has 0 aromatic heterocycles. The molecule has 54 valence electrons. The average Bonchev–Trinajstić information content (AvgIpc) is 1.89. The maximum Gasteiger partial charge on any atom is 0.0467 e. The first-order valence-electron chi connectivity index (χ1n) is 3.41. The van der Waals surface area contributed by atoms with E-state index in [9.17, 15) is 5.11 Å². The van der Waals surface area contributed by atoms with Crippen LogP contribution in [0.4, 0.5) is 0 Å². The van der Waals surface area contributed by atoms with Gasteiger partial charge in [0.25, 0.3) is 0 Å². The highest BCUT2D eigenvalue weighted by atomic mass is 16.5. The van der Waals surface area contributed by atoms with Gasteiger partial charge in [-0.05, 0) is 6.42 Å². The minimum absolute atomic E-state index is 0.112. The van der Waals surface area contributed by atoms with Gasteiger partial charge >= 0.3 is 0 Å². The van der Waals surface area contributed by atoms with E-state index in [1.165, 1.54) is 0 Å². The standard InChI is InChI=1S/C7H12O2/c1-2-7-6(8)4-3-5-9-7/h6-7H,1-5H2/q-2. The second-order valence-corrected chi connectivity index (χ2v) is 2.38. The monoisotopic (exact) mass is 128 g/mol. The van der Waals surface area contributed by atoms with E-state index in [1.807, 2.05) is 0 Å². The molecule has 2 atom stereocenters. The summed E-state index contributed by atoms with van der Waals surface area (Å²) in [6.07, 6.45) is 1.67. The van der Waals surface area contributed by atoms with Gasteiger partial charge in [-0.1, -0.05) is 6.42 Å². The van der Waals surface area contributed by atoms with Crippen LogP contribution >= 0.6 is 0 Å². The smallest absolute Gasteiger partial charge is 0.0467 e. The Balaban J connectivity index is 2.30. The molecule has 1 fully saturated rings. The van der Waals surface area contributed by atoms with Crippen molar-refractivity contribution in [2.75, 3.05) is 6.61 Å². The van der Waals surface area contributed by atoms with Crippen molar-refractivity contribution in [2.45, 2.75) is 31.5 Å². The molecule has 0 bridgehead atoms. The van der Waals surface area contributed by atoms with E-state index < -0.39 is 6.10 Å². The maximum absolute atomic E-state index is 10.9. The van der Waals surface area contributed by atoms with Gasteiger partial charge in [-0.25, -0.2) is 0 Å². The SMILES string of the molecule is [CH2-]CC1OCCCC1[O-]. The molecular weight excluding hydrogens is 116 g/mol. The van der Waals surface area contributed by atoms with Gasteiger partial charge in [0.2, 0.25) is 0 Å². The van der Waals surface area contributed by atoms with Crippen molar-refractivity contribution in [2.24, 2.45) is 0 Å². The average molecular weight is 128 g/mol. The van der Waals surface area contributed by atoms with Crippen LogP contribution in [0.25, 0.3) is 0 Å². The highest BCUT2D eigenvalue weighted by molar-refractivity contribution is 4.72. The van der Waals surface area contributed by atoms with E-state index in [1.54, 1.807) is 0 Å². The first-order chi connectivity index (χ1) is 4.34. The van der Waals surface area contributed by atoms with Crippen LogP contribution in [-0.2, 0) is 4.74 Å². The van der Waals surface area contributed by atoms with Gasteiger partial charge in [0.15, 0.2) is 0 Å². The summed E-state index contributed by atoms with van der Waals surface area (Å²) in [4.78, 5) is 0. The van der Waals surface area contributed by atoms with Crippen LogP contribution in [0.5, 0.6) is 0 Å². The summed E-state index contributed by atoms with van der Waals surface area (Å²) in [7, 11) is 0. The van der Waals surface area contributed by atoms with Gasteiger partial charge in [-0.2, -0.15) is 6.42 Å². The minimum atomic E-state index is -0.517. The van der Waals surface area contributed by atoms with Crippen LogP contribution < -0.4 is 5.11 Å². The second-order valence-electron chi connectivity index (χ2n) is 2.38. The Kier molecular flexibility index (Phi) is 2.49. The summed E-state index contributed by atoms with van der Waals surface area (Å²) < 4.78 is 5.16. The Hall–Kier alpha value is -0.0800. The summed E-state index contributed by atoms with van der Waals surface area (Å²) in [6, 6.07) is 0. The molecule has 0 saturated carbocycles. The van der Waals surface area contributed by atoms with Gasteiger partial charge in [0, 0.05) is 12.7 Å². The number of hydrogen-bond acceptors (Lipinski definition) is 2. The summed E-state index contributed by atoms with van der Waals surface area (Å²) in [5.74, 6) is 0. The van der Waals surface area contributed by atoms with Gasteiger partial charge < -0.3 is 16.8 Å². The molecule has 1 heterocycles. The van der Waals surface area contributed by atoms with Gasteiger partial charge in [-0.3, -0.25) is 0 Å². The summed E-state index contributed by atoms with van der Waals surface area (Å²) in [6.45, 7) is 4.38. The molecule has 1 saturated heterocycles. The fraction of sp³-hybridized carbons (Fsp3) is 0.857. The number of rotatable bonds is 1. The molecule has 2 nitrogen and oxygen atoms in total. The first kappa shape index (κ1) is 7.03. The number of hydrogen-bond donors (Lipinski definition) is 0. The van der Waals surface area contributed by atoms with Gasteiger partial charge in [-0.15, -0.1) is 6.10 Å². The normalized spacial score (nSPS) is 36.7.